The maximum absolute atomic E-state index is 14.4. The Morgan fingerprint density at radius 1 is 0.957 bits per heavy atom. The van der Waals surface area contributed by atoms with Crippen molar-refractivity contribution < 1.29 is 62.4 Å². The molecule has 4 saturated heterocycles. The zero-order valence-electron chi connectivity index (χ0n) is 43.2. The predicted molar refractivity (Wildman–Crippen MR) is 264 cm³/mol. The topological polar surface area (TPSA) is 174 Å². The first kappa shape index (κ1) is 54.2. The third kappa shape index (κ3) is 11.5. The molecule has 0 saturated carbocycles. The lowest BCUT2D eigenvalue weighted by atomic mass is 9.71. The molecule has 1 aliphatic carbocycles. The van der Waals surface area contributed by atoms with Crippen LogP contribution in [0.1, 0.15) is 115 Å². The summed E-state index contributed by atoms with van der Waals surface area (Å²) in [5, 5.41) is 31.1. The maximum Gasteiger partial charge on any atom is 0.316 e. The van der Waals surface area contributed by atoms with E-state index in [9.17, 15) is 15.0 Å². The van der Waals surface area contributed by atoms with Crippen molar-refractivity contribution in [2.24, 2.45) is 23.7 Å². The SMILES string of the molecule is CCC(C)[C@H]1O[C@]2(C=C[C@@H]1C)C[C@@H]1C[C@@H](C/C=C(\C)[C@@H](OC3C[C@H](OC)[C@@H](OC4C[C@H](OC)[C@@](C)(NC(=S)NC(C)C)[C@H](C)O4)[C@H](C)O3)C(C)/C=C/C=C3\CO[C@@H]4[C@H](O)C(C)=C[C@@H](C(=O)O1)[C@]34O)O2. The van der Waals surface area contributed by atoms with E-state index in [1.807, 2.05) is 45.9 Å². The minimum atomic E-state index is -1.84. The second-order valence-corrected chi connectivity index (χ2v) is 21.8. The molecule has 4 unspecified atom stereocenters. The van der Waals surface area contributed by atoms with E-state index in [2.05, 4.69) is 64.3 Å². The first-order chi connectivity index (χ1) is 32.6. The normalized spacial score (nSPS) is 46.4. The summed E-state index contributed by atoms with van der Waals surface area (Å²) in [4.78, 5) is 14.4. The number of aliphatic hydroxyl groups is 2. The average Bonchev–Trinajstić information content (AvgIpc) is 3.63. The molecule has 4 fully saturated rings. The maximum atomic E-state index is 14.4. The predicted octanol–water partition coefficient (Wildman–Crippen LogP) is 6.65. The lowest BCUT2D eigenvalue weighted by Crippen LogP contribution is -2.68. The van der Waals surface area contributed by atoms with E-state index in [1.165, 1.54) is 0 Å². The largest absolute Gasteiger partial charge is 0.462 e. The molecule has 20 atom stereocenters. The van der Waals surface area contributed by atoms with Crippen molar-refractivity contribution in [1.82, 2.24) is 10.6 Å². The van der Waals surface area contributed by atoms with Gasteiger partial charge in [-0.2, -0.15) is 0 Å². The number of ether oxygens (including phenoxy) is 10. The van der Waals surface area contributed by atoms with Crippen LogP contribution in [0.15, 0.2) is 59.3 Å². The van der Waals surface area contributed by atoms with Crippen molar-refractivity contribution in [3.63, 3.8) is 0 Å². The summed E-state index contributed by atoms with van der Waals surface area (Å²) in [7, 11) is 3.37. The summed E-state index contributed by atoms with van der Waals surface area (Å²) in [6.07, 6.45) is 9.75. The Bertz CT molecular complexity index is 1980. The van der Waals surface area contributed by atoms with Crippen LogP contribution in [0.3, 0.4) is 0 Å². The van der Waals surface area contributed by atoms with E-state index in [1.54, 1.807) is 33.3 Å². The number of carbonyl (C=O) groups is 1. The van der Waals surface area contributed by atoms with Gasteiger partial charge in [0.05, 0.1) is 54.9 Å². The van der Waals surface area contributed by atoms with Crippen LogP contribution in [-0.2, 0) is 52.2 Å². The third-order valence-electron chi connectivity index (χ3n) is 15.9. The van der Waals surface area contributed by atoms with E-state index in [0.29, 0.717) is 48.4 Å². The molecule has 388 valence electrons. The van der Waals surface area contributed by atoms with Crippen molar-refractivity contribution in [2.75, 3.05) is 20.8 Å². The highest BCUT2D eigenvalue weighted by Gasteiger charge is 2.60. The van der Waals surface area contributed by atoms with Gasteiger partial charge in [-0.05, 0) is 95.8 Å². The fraction of sp³-hybridized carbons (Fsp3) is 0.774. The van der Waals surface area contributed by atoms with Crippen LogP contribution in [0.5, 0.6) is 0 Å². The van der Waals surface area contributed by atoms with Gasteiger partial charge < -0.3 is 68.2 Å². The molecule has 1 spiro atoms. The molecule has 0 aromatic rings. The smallest absolute Gasteiger partial charge is 0.316 e. The molecule has 16 heteroatoms. The van der Waals surface area contributed by atoms with Crippen molar-refractivity contribution in [3.05, 3.63) is 59.3 Å². The molecule has 2 bridgehead atoms. The van der Waals surface area contributed by atoms with Gasteiger partial charge in [-0.1, -0.05) is 70.6 Å². The van der Waals surface area contributed by atoms with Gasteiger partial charge in [0, 0.05) is 57.8 Å². The van der Waals surface area contributed by atoms with E-state index >= 15 is 0 Å². The van der Waals surface area contributed by atoms with Crippen LogP contribution in [0.4, 0.5) is 0 Å². The zero-order chi connectivity index (χ0) is 50.2. The number of methoxy groups -OCH3 is 2. The van der Waals surface area contributed by atoms with Crippen LogP contribution in [0, 0.1) is 23.7 Å². The van der Waals surface area contributed by atoms with Gasteiger partial charge in [0.25, 0.3) is 0 Å². The highest BCUT2D eigenvalue weighted by molar-refractivity contribution is 7.80. The highest BCUT2D eigenvalue weighted by Crippen LogP contribution is 2.47. The second-order valence-electron chi connectivity index (χ2n) is 21.4. The Morgan fingerprint density at radius 2 is 1.70 bits per heavy atom. The summed E-state index contributed by atoms with van der Waals surface area (Å²) in [6, 6.07) is 0.171. The monoisotopic (exact) mass is 987 g/mol. The van der Waals surface area contributed by atoms with E-state index in [4.69, 9.17) is 59.6 Å². The minimum absolute atomic E-state index is 0.0312. The average molecular weight is 987 g/mol. The minimum Gasteiger partial charge on any atom is -0.462 e. The summed E-state index contributed by atoms with van der Waals surface area (Å²) in [5.41, 5.74) is -0.474. The van der Waals surface area contributed by atoms with E-state index in [-0.39, 0.29) is 60.9 Å². The molecule has 69 heavy (non-hydrogen) atoms. The summed E-state index contributed by atoms with van der Waals surface area (Å²) < 4.78 is 65.4. The number of thiocarbonyl (C=S) groups is 1. The number of fused-ring (bicyclic) bond motifs is 2. The summed E-state index contributed by atoms with van der Waals surface area (Å²) >= 11 is 5.62. The van der Waals surface area contributed by atoms with Crippen LogP contribution >= 0.6 is 12.2 Å². The summed E-state index contributed by atoms with van der Waals surface area (Å²) in [5.74, 6) is -2.58. The molecule has 0 aromatic heterocycles. The number of esters is 1. The highest BCUT2D eigenvalue weighted by atomic mass is 32.1. The van der Waals surface area contributed by atoms with Gasteiger partial charge in [0.1, 0.15) is 35.9 Å². The van der Waals surface area contributed by atoms with Crippen LogP contribution < -0.4 is 10.6 Å². The molecule has 4 N–H and O–H groups in total. The lowest BCUT2D eigenvalue weighted by Gasteiger charge is -2.50. The first-order valence-corrected chi connectivity index (χ1v) is 25.8. The fourth-order valence-electron chi connectivity index (χ4n) is 11.5. The molecule has 0 amide bonds. The molecular weight excluding hydrogens is 905 g/mol. The molecule has 0 aromatic carbocycles. The van der Waals surface area contributed by atoms with Crippen LogP contribution in [0.2, 0.25) is 0 Å². The number of hydrogen-bond donors (Lipinski definition) is 4. The van der Waals surface area contributed by atoms with Gasteiger partial charge in [-0.3, -0.25) is 4.79 Å². The second kappa shape index (κ2) is 22.3. The van der Waals surface area contributed by atoms with Crippen molar-refractivity contribution in [2.45, 2.75) is 217 Å². The summed E-state index contributed by atoms with van der Waals surface area (Å²) in [6.45, 7) is 22.5. The molecule has 7 rings (SSSR count). The van der Waals surface area contributed by atoms with Crippen LogP contribution in [-0.4, -0.2) is 145 Å². The van der Waals surface area contributed by atoms with Gasteiger partial charge in [0.2, 0.25) is 0 Å². The Morgan fingerprint density at radius 3 is 2.39 bits per heavy atom. The zero-order valence-corrected chi connectivity index (χ0v) is 44.0. The Labute approximate surface area is 416 Å². The van der Waals surface area contributed by atoms with Crippen molar-refractivity contribution in [1.29, 1.82) is 0 Å². The number of aliphatic hydroxyl groups excluding tert-OH is 1. The first-order valence-electron chi connectivity index (χ1n) is 25.4. The van der Waals surface area contributed by atoms with Gasteiger partial charge in [-0.15, -0.1) is 0 Å². The number of carbonyl (C=O) groups excluding carboxylic acids is 1. The van der Waals surface area contributed by atoms with E-state index in [0.717, 1.165) is 12.0 Å². The van der Waals surface area contributed by atoms with Gasteiger partial charge in [0.15, 0.2) is 23.5 Å². The van der Waals surface area contributed by atoms with Crippen LogP contribution in [0.25, 0.3) is 0 Å². The molecular formula is C53H82N2O13S. The molecule has 6 heterocycles. The Balaban J connectivity index is 1.14. The van der Waals surface area contributed by atoms with Gasteiger partial charge in [-0.25, -0.2) is 0 Å². The molecule has 7 aliphatic rings. The molecule has 6 aliphatic heterocycles. The third-order valence-corrected chi connectivity index (χ3v) is 16.1. The molecule has 15 nitrogen and oxygen atoms in total. The van der Waals surface area contributed by atoms with Crippen molar-refractivity contribution >= 4 is 23.3 Å². The number of hydrogen-bond acceptors (Lipinski definition) is 14. The lowest BCUT2D eigenvalue weighted by molar-refractivity contribution is -0.316. The quantitative estimate of drug-likeness (QED) is 0.104. The van der Waals surface area contributed by atoms with Gasteiger partial charge >= 0.3 is 5.97 Å². The standard InChI is InChI=1S/C53H82N2O13S/c1-14-29(4)46-32(7)20-21-52(68-46)26-38-23-37(67-52)19-18-31(6)45(30(5)16-15-17-36-27-61-48-44(56)33(8)22-39(49(57)64-38)53(36,48)58)65-42-24-40(59-12)47(34(9)62-42)66-43-25-41(60-13)51(11,35(10)63-43)55-50(69)54-28(2)3/h15-18,20-22,28-30,32,34-35,37-48,56,58H,14,19,23-27H2,1-13H3,(H2,54,55,69)/b16-15+,31-18+,36-17+/t29?,30?,32-,34-,35-,37+,38-,39-,40-,41-,42?,43?,44+,45-,46+,47-,48+,51-,52+,53+/m0/s1. The fourth-order valence-corrected chi connectivity index (χ4v) is 11.9. The van der Waals surface area contributed by atoms with E-state index < -0.39 is 78.0 Å². The Kier molecular flexibility index (Phi) is 17.5. The molecule has 0 radical (unpaired) electrons. The number of nitrogens with one attached hydrogen (secondary N) is 2. The Hall–Kier alpha value is -2.58. The number of allylic oxidation sites excluding steroid dienone is 2. The van der Waals surface area contributed by atoms with Crippen molar-refractivity contribution in [3.8, 4) is 0 Å². The number of rotatable bonds is 10.